The van der Waals surface area contributed by atoms with Crippen molar-refractivity contribution in [3.05, 3.63) is 23.8 Å². The highest BCUT2D eigenvalue weighted by atomic mass is 16.3. The Morgan fingerprint density at radius 2 is 2.25 bits per heavy atom. The van der Waals surface area contributed by atoms with Crippen LogP contribution in [0.1, 0.15) is 12.0 Å². The summed E-state index contributed by atoms with van der Waals surface area (Å²) in [6.45, 7) is 2.42. The van der Waals surface area contributed by atoms with Gasteiger partial charge in [-0.25, -0.2) is 0 Å². The van der Waals surface area contributed by atoms with E-state index in [2.05, 4.69) is 5.92 Å². The molecular formula is C13H13NO2. The van der Waals surface area contributed by atoms with Crippen LogP contribution in [0.4, 0.5) is 5.69 Å². The van der Waals surface area contributed by atoms with Gasteiger partial charge < -0.3 is 10.0 Å². The third-order valence-electron chi connectivity index (χ3n) is 2.72. The molecule has 1 unspecified atom stereocenters. The molecule has 0 bridgehead atoms. The van der Waals surface area contributed by atoms with Crippen LogP contribution in [-0.2, 0) is 4.79 Å². The SMILES string of the molecule is C#CC1CC(=O)N(c2cc(C)cc(O)c2)C1. The molecule has 1 heterocycles. The van der Waals surface area contributed by atoms with E-state index in [-0.39, 0.29) is 17.6 Å². The minimum atomic E-state index is -0.0184. The molecule has 1 aliphatic rings. The molecule has 0 saturated carbocycles. The van der Waals surface area contributed by atoms with Crippen LogP contribution in [0.15, 0.2) is 18.2 Å². The smallest absolute Gasteiger partial charge is 0.228 e. The van der Waals surface area contributed by atoms with Gasteiger partial charge in [-0.15, -0.1) is 12.3 Å². The van der Waals surface area contributed by atoms with Crippen LogP contribution in [0.3, 0.4) is 0 Å². The Balaban J connectivity index is 2.32. The van der Waals surface area contributed by atoms with Crippen LogP contribution >= 0.6 is 0 Å². The van der Waals surface area contributed by atoms with E-state index in [1.165, 1.54) is 0 Å². The highest BCUT2D eigenvalue weighted by molar-refractivity contribution is 5.96. The summed E-state index contributed by atoms with van der Waals surface area (Å²) in [7, 11) is 0. The Hall–Kier alpha value is -1.95. The lowest BCUT2D eigenvalue weighted by atomic mass is 10.1. The Morgan fingerprint density at radius 3 is 2.81 bits per heavy atom. The molecule has 0 radical (unpaired) electrons. The van der Waals surface area contributed by atoms with Crippen LogP contribution in [0.2, 0.25) is 0 Å². The van der Waals surface area contributed by atoms with Crippen molar-refractivity contribution >= 4 is 11.6 Å². The normalized spacial score (nSPS) is 19.9. The first kappa shape index (κ1) is 10.6. The lowest BCUT2D eigenvalue weighted by molar-refractivity contribution is -0.117. The van der Waals surface area contributed by atoms with Crippen molar-refractivity contribution in [2.24, 2.45) is 5.92 Å². The first-order valence-electron chi connectivity index (χ1n) is 5.17. The minimum absolute atomic E-state index is 0.0184. The van der Waals surface area contributed by atoms with Gasteiger partial charge in [-0.1, -0.05) is 0 Å². The maximum absolute atomic E-state index is 11.7. The molecule has 16 heavy (non-hydrogen) atoms. The second-order valence-electron chi connectivity index (χ2n) is 4.10. The molecule has 2 rings (SSSR count). The van der Waals surface area contributed by atoms with Crippen LogP contribution in [0.5, 0.6) is 5.75 Å². The van der Waals surface area contributed by atoms with Crippen molar-refractivity contribution in [3.63, 3.8) is 0 Å². The molecule has 82 valence electrons. The summed E-state index contributed by atoms with van der Waals surface area (Å²) in [6, 6.07) is 5.11. The number of rotatable bonds is 1. The predicted octanol–water partition coefficient (Wildman–Crippen LogP) is 1.69. The average molecular weight is 215 g/mol. The number of benzene rings is 1. The molecule has 1 saturated heterocycles. The zero-order chi connectivity index (χ0) is 11.7. The Kier molecular flexibility index (Phi) is 2.57. The summed E-state index contributed by atoms with van der Waals surface area (Å²) in [6.07, 6.45) is 5.71. The fraction of sp³-hybridized carbons (Fsp3) is 0.308. The van der Waals surface area contributed by atoms with E-state index >= 15 is 0 Å². The van der Waals surface area contributed by atoms with Gasteiger partial charge in [-0.3, -0.25) is 4.79 Å². The molecule has 1 atom stereocenters. The van der Waals surface area contributed by atoms with Crippen molar-refractivity contribution < 1.29 is 9.90 Å². The maximum atomic E-state index is 11.7. The van der Waals surface area contributed by atoms with Crippen LogP contribution < -0.4 is 4.90 Å². The fourth-order valence-electron chi connectivity index (χ4n) is 1.97. The van der Waals surface area contributed by atoms with E-state index in [0.29, 0.717) is 13.0 Å². The highest BCUT2D eigenvalue weighted by Crippen LogP contribution is 2.28. The molecule has 3 heteroatoms. The summed E-state index contributed by atoms with van der Waals surface area (Å²) >= 11 is 0. The van der Waals surface area contributed by atoms with E-state index in [1.54, 1.807) is 17.0 Å². The largest absolute Gasteiger partial charge is 0.508 e. The van der Waals surface area contributed by atoms with Gasteiger partial charge in [0, 0.05) is 30.6 Å². The van der Waals surface area contributed by atoms with E-state index in [4.69, 9.17) is 6.42 Å². The monoisotopic (exact) mass is 215 g/mol. The number of hydrogen-bond acceptors (Lipinski definition) is 2. The standard InChI is InChI=1S/C13H13NO2/c1-3-10-6-13(16)14(8-10)11-4-9(2)5-12(15)7-11/h1,4-5,7,10,15H,6,8H2,2H3. The minimum Gasteiger partial charge on any atom is -0.508 e. The number of aromatic hydroxyl groups is 1. The van der Waals surface area contributed by atoms with Gasteiger partial charge >= 0.3 is 0 Å². The molecular weight excluding hydrogens is 202 g/mol. The second-order valence-corrected chi connectivity index (χ2v) is 4.10. The maximum Gasteiger partial charge on any atom is 0.228 e. The third-order valence-corrected chi connectivity index (χ3v) is 2.72. The van der Waals surface area contributed by atoms with Gasteiger partial charge in [0.2, 0.25) is 5.91 Å². The first-order valence-corrected chi connectivity index (χ1v) is 5.17. The summed E-state index contributed by atoms with van der Waals surface area (Å²) in [5, 5.41) is 9.49. The fourth-order valence-corrected chi connectivity index (χ4v) is 1.97. The Bertz CT molecular complexity index is 453. The Morgan fingerprint density at radius 1 is 1.50 bits per heavy atom. The van der Waals surface area contributed by atoms with Gasteiger partial charge in [0.15, 0.2) is 0 Å². The number of phenolic OH excluding ortho intramolecular Hbond substituents is 1. The zero-order valence-electron chi connectivity index (χ0n) is 9.10. The summed E-state index contributed by atoms with van der Waals surface area (Å²) in [4.78, 5) is 13.4. The van der Waals surface area contributed by atoms with Crippen molar-refractivity contribution in [2.75, 3.05) is 11.4 Å². The van der Waals surface area contributed by atoms with E-state index < -0.39 is 0 Å². The lowest BCUT2D eigenvalue weighted by Crippen LogP contribution is -2.24. The van der Waals surface area contributed by atoms with Gasteiger partial charge in [0.25, 0.3) is 0 Å². The molecule has 1 fully saturated rings. The van der Waals surface area contributed by atoms with Crippen molar-refractivity contribution in [1.29, 1.82) is 0 Å². The lowest BCUT2D eigenvalue weighted by Gasteiger charge is -2.16. The molecule has 1 aromatic rings. The third kappa shape index (κ3) is 1.87. The molecule has 3 nitrogen and oxygen atoms in total. The number of phenols is 1. The molecule has 0 spiro atoms. The van der Waals surface area contributed by atoms with Gasteiger partial charge in [0.05, 0.1) is 0 Å². The van der Waals surface area contributed by atoms with Crippen molar-refractivity contribution in [2.45, 2.75) is 13.3 Å². The molecule has 1 amide bonds. The topological polar surface area (TPSA) is 40.5 Å². The number of aryl methyl sites for hydroxylation is 1. The highest BCUT2D eigenvalue weighted by Gasteiger charge is 2.29. The Labute approximate surface area is 94.7 Å². The van der Waals surface area contributed by atoms with E-state index in [0.717, 1.165) is 11.3 Å². The van der Waals surface area contributed by atoms with E-state index in [9.17, 15) is 9.90 Å². The predicted molar refractivity (Wildman–Crippen MR) is 62.1 cm³/mol. The number of amides is 1. The number of hydrogen-bond donors (Lipinski definition) is 1. The van der Waals surface area contributed by atoms with Gasteiger partial charge in [0.1, 0.15) is 5.75 Å². The molecule has 0 aliphatic carbocycles. The first-order chi connectivity index (χ1) is 7.60. The van der Waals surface area contributed by atoms with Crippen molar-refractivity contribution in [1.82, 2.24) is 0 Å². The van der Waals surface area contributed by atoms with Crippen molar-refractivity contribution in [3.8, 4) is 18.1 Å². The number of nitrogens with zero attached hydrogens (tertiary/aromatic N) is 1. The zero-order valence-corrected chi connectivity index (χ0v) is 9.10. The summed E-state index contributed by atoms with van der Waals surface area (Å²) < 4.78 is 0. The van der Waals surface area contributed by atoms with E-state index in [1.807, 2.05) is 13.0 Å². The molecule has 1 aromatic carbocycles. The van der Waals surface area contributed by atoms with Crippen LogP contribution in [0.25, 0.3) is 0 Å². The molecule has 0 aromatic heterocycles. The number of anilines is 1. The second kappa shape index (κ2) is 3.90. The van der Waals surface area contributed by atoms with Gasteiger partial charge in [-0.05, 0) is 24.6 Å². The summed E-state index contributed by atoms with van der Waals surface area (Å²) in [5.41, 5.74) is 1.65. The number of carbonyl (C=O) groups is 1. The average Bonchev–Trinajstić information content (AvgIpc) is 2.58. The number of terminal acetylenes is 1. The molecule has 1 aliphatic heterocycles. The van der Waals surface area contributed by atoms with Crippen LogP contribution in [0, 0.1) is 25.2 Å². The van der Waals surface area contributed by atoms with Gasteiger partial charge in [-0.2, -0.15) is 0 Å². The quantitative estimate of drug-likeness (QED) is 0.724. The number of carbonyl (C=O) groups excluding carboxylic acids is 1. The van der Waals surface area contributed by atoms with Crippen LogP contribution in [-0.4, -0.2) is 17.6 Å². The summed E-state index contributed by atoms with van der Waals surface area (Å²) in [5.74, 6) is 2.77. The molecule has 1 N–H and O–H groups in total.